The molecule has 6 nitrogen and oxygen atoms in total. The first-order chi connectivity index (χ1) is 13.0. The molecule has 138 valence electrons. The van der Waals surface area contributed by atoms with E-state index in [-0.39, 0.29) is 17.2 Å². The summed E-state index contributed by atoms with van der Waals surface area (Å²) in [6.07, 6.45) is 0.247. The average molecular weight is 382 g/mol. The van der Waals surface area contributed by atoms with Gasteiger partial charge in [-0.1, -0.05) is 24.3 Å². The van der Waals surface area contributed by atoms with Gasteiger partial charge in [-0.15, -0.1) is 0 Å². The molecule has 0 aromatic heterocycles. The van der Waals surface area contributed by atoms with Crippen LogP contribution >= 0.6 is 0 Å². The Morgan fingerprint density at radius 3 is 2.63 bits per heavy atom. The Balaban J connectivity index is 1.74. The number of benzene rings is 3. The van der Waals surface area contributed by atoms with Crippen molar-refractivity contribution in [2.75, 3.05) is 16.6 Å². The van der Waals surface area contributed by atoms with Gasteiger partial charge in [-0.25, -0.2) is 8.42 Å². The lowest BCUT2D eigenvalue weighted by Crippen LogP contribution is -2.13. The number of carbonyl (C=O) groups excluding carboxylic acids is 1. The van der Waals surface area contributed by atoms with Crippen LogP contribution in [0.15, 0.2) is 59.5 Å². The normalized spacial score (nSPS) is 13.3. The summed E-state index contributed by atoms with van der Waals surface area (Å²) >= 11 is 0. The molecule has 7 heteroatoms. The Morgan fingerprint density at radius 2 is 1.85 bits per heavy atom. The van der Waals surface area contributed by atoms with Gasteiger partial charge in [-0.2, -0.15) is 0 Å². The minimum absolute atomic E-state index is 0.0949. The fourth-order valence-electron chi connectivity index (χ4n) is 3.26. The van der Waals surface area contributed by atoms with Crippen LogP contribution in [0.2, 0.25) is 0 Å². The number of sulfonamides is 1. The van der Waals surface area contributed by atoms with Gasteiger partial charge in [0.15, 0.2) is 0 Å². The van der Waals surface area contributed by atoms with Crippen molar-refractivity contribution in [3.05, 3.63) is 60.2 Å². The fraction of sp³-hybridized carbons (Fsp3) is 0.150. The molecule has 1 aliphatic rings. The summed E-state index contributed by atoms with van der Waals surface area (Å²) in [7, 11) is -3.81. The predicted octanol–water partition coefficient (Wildman–Crippen LogP) is 3.53. The summed E-state index contributed by atoms with van der Waals surface area (Å²) in [6, 6.07) is 15.5. The quantitative estimate of drug-likeness (QED) is 0.707. The first-order valence-electron chi connectivity index (χ1n) is 8.58. The molecule has 0 bridgehead atoms. The van der Waals surface area contributed by atoms with Gasteiger partial charge in [-0.3, -0.25) is 9.52 Å². The van der Waals surface area contributed by atoms with Crippen LogP contribution in [0.1, 0.15) is 12.5 Å². The lowest BCUT2D eigenvalue weighted by atomic mass is 10.1. The number of ether oxygens (including phenoxy) is 1. The molecular weight excluding hydrogens is 364 g/mol. The van der Waals surface area contributed by atoms with Crippen LogP contribution in [0, 0.1) is 0 Å². The van der Waals surface area contributed by atoms with Crippen molar-refractivity contribution in [1.29, 1.82) is 0 Å². The summed E-state index contributed by atoms with van der Waals surface area (Å²) in [5.41, 5.74) is 1.91. The second kappa shape index (κ2) is 6.59. The topological polar surface area (TPSA) is 84.5 Å². The van der Waals surface area contributed by atoms with Crippen LogP contribution in [-0.4, -0.2) is 20.9 Å². The van der Waals surface area contributed by atoms with E-state index in [1.807, 2.05) is 19.1 Å². The second-order valence-corrected chi connectivity index (χ2v) is 7.89. The van der Waals surface area contributed by atoms with Crippen molar-refractivity contribution in [1.82, 2.24) is 0 Å². The first kappa shape index (κ1) is 17.4. The van der Waals surface area contributed by atoms with Crippen LogP contribution in [0.3, 0.4) is 0 Å². The van der Waals surface area contributed by atoms with E-state index in [0.29, 0.717) is 23.4 Å². The minimum Gasteiger partial charge on any atom is -0.493 e. The highest BCUT2D eigenvalue weighted by Crippen LogP contribution is 2.33. The second-order valence-electron chi connectivity index (χ2n) is 6.24. The third-order valence-corrected chi connectivity index (χ3v) is 5.86. The van der Waals surface area contributed by atoms with Crippen LogP contribution in [0.25, 0.3) is 10.8 Å². The van der Waals surface area contributed by atoms with Gasteiger partial charge in [0.2, 0.25) is 5.91 Å². The Bertz CT molecular complexity index is 1160. The molecule has 1 aliphatic heterocycles. The number of nitrogens with one attached hydrogen (secondary N) is 2. The average Bonchev–Trinajstić information content (AvgIpc) is 3.01. The van der Waals surface area contributed by atoms with E-state index in [0.717, 1.165) is 16.6 Å². The maximum atomic E-state index is 13.0. The number of fused-ring (bicyclic) bond motifs is 2. The van der Waals surface area contributed by atoms with Gasteiger partial charge >= 0.3 is 0 Å². The first-order valence-corrected chi connectivity index (χ1v) is 10.1. The third-order valence-electron chi connectivity index (χ3n) is 4.42. The van der Waals surface area contributed by atoms with Crippen molar-refractivity contribution < 1.29 is 17.9 Å². The summed E-state index contributed by atoms with van der Waals surface area (Å²) in [4.78, 5) is 11.7. The van der Waals surface area contributed by atoms with Crippen molar-refractivity contribution >= 4 is 38.1 Å². The van der Waals surface area contributed by atoms with E-state index in [9.17, 15) is 13.2 Å². The van der Waals surface area contributed by atoms with Crippen LogP contribution < -0.4 is 14.8 Å². The Morgan fingerprint density at radius 1 is 1.07 bits per heavy atom. The molecule has 0 aliphatic carbocycles. The lowest BCUT2D eigenvalue weighted by Gasteiger charge is -2.14. The van der Waals surface area contributed by atoms with Crippen molar-refractivity contribution in [2.24, 2.45) is 0 Å². The van der Waals surface area contributed by atoms with E-state index >= 15 is 0 Å². The number of amides is 1. The molecule has 1 amide bonds. The van der Waals surface area contributed by atoms with Gasteiger partial charge in [0.1, 0.15) is 5.75 Å². The molecule has 4 rings (SSSR count). The Labute approximate surface area is 157 Å². The summed E-state index contributed by atoms with van der Waals surface area (Å²) in [5, 5.41) is 4.06. The van der Waals surface area contributed by atoms with E-state index in [1.165, 1.54) is 0 Å². The zero-order chi connectivity index (χ0) is 19.0. The standard InChI is InChI=1S/C20H18N2O4S/c1-2-26-18-9-10-19(16-6-4-3-5-15(16)18)27(24,25)22-14-7-8-17-13(11-14)12-20(23)21-17/h3-11,22H,2,12H2,1H3,(H,21,23). The molecule has 1 heterocycles. The number of hydrogen-bond donors (Lipinski definition) is 2. The molecule has 0 spiro atoms. The minimum atomic E-state index is -3.81. The molecule has 0 fully saturated rings. The highest BCUT2D eigenvalue weighted by molar-refractivity contribution is 7.93. The van der Waals surface area contributed by atoms with E-state index in [2.05, 4.69) is 10.0 Å². The highest BCUT2D eigenvalue weighted by atomic mass is 32.2. The van der Waals surface area contributed by atoms with Crippen molar-refractivity contribution in [2.45, 2.75) is 18.2 Å². The van der Waals surface area contributed by atoms with Crippen LogP contribution in [-0.2, 0) is 21.2 Å². The molecule has 0 unspecified atom stereocenters. The number of carbonyl (C=O) groups is 1. The predicted molar refractivity (Wildman–Crippen MR) is 105 cm³/mol. The number of anilines is 2. The Hall–Kier alpha value is -3.06. The van der Waals surface area contributed by atoms with Crippen LogP contribution in [0.4, 0.5) is 11.4 Å². The third kappa shape index (κ3) is 3.21. The smallest absolute Gasteiger partial charge is 0.262 e. The van der Waals surface area contributed by atoms with Gasteiger partial charge in [0, 0.05) is 22.1 Å². The zero-order valence-electron chi connectivity index (χ0n) is 14.7. The highest BCUT2D eigenvalue weighted by Gasteiger charge is 2.22. The molecule has 0 atom stereocenters. The largest absolute Gasteiger partial charge is 0.493 e. The van der Waals surface area contributed by atoms with Gasteiger partial charge < -0.3 is 10.1 Å². The van der Waals surface area contributed by atoms with E-state index < -0.39 is 10.0 Å². The van der Waals surface area contributed by atoms with Gasteiger partial charge in [0.05, 0.1) is 17.9 Å². The number of hydrogen-bond acceptors (Lipinski definition) is 4. The maximum Gasteiger partial charge on any atom is 0.262 e. The van der Waals surface area contributed by atoms with Crippen molar-refractivity contribution in [3.63, 3.8) is 0 Å². The van der Waals surface area contributed by atoms with Gasteiger partial charge in [0.25, 0.3) is 10.0 Å². The van der Waals surface area contributed by atoms with E-state index in [4.69, 9.17) is 4.74 Å². The summed E-state index contributed by atoms with van der Waals surface area (Å²) in [5.74, 6) is 0.552. The molecule has 3 aromatic rings. The zero-order valence-corrected chi connectivity index (χ0v) is 15.5. The molecule has 0 saturated heterocycles. The van der Waals surface area contributed by atoms with Crippen molar-refractivity contribution in [3.8, 4) is 5.75 Å². The fourth-order valence-corrected chi connectivity index (χ4v) is 4.52. The monoisotopic (exact) mass is 382 g/mol. The van der Waals surface area contributed by atoms with E-state index in [1.54, 1.807) is 42.5 Å². The summed E-state index contributed by atoms with van der Waals surface area (Å²) in [6.45, 7) is 2.38. The molecular formula is C20H18N2O4S. The van der Waals surface area contributed by atoms with Crippen LogP contribution in [0.5, 0.6) is 5.75 Å². The maximum absolute atomic E-state index is 13.0. The molecule has 27 heavy (non-hydrogen) atoms. The molecule has 0 saturated carbocycles. The lowest BCUT2D eigenvalue weighted by molar-refractivity contribution is -0.115. The SMILES string of the molecule is CCOc1ccc(S(=O)(=O)Nc2ccc3c(c2)CC(=O)N3)c2ccccc12. The molecule has 0 radical (unpaired) electrons. The summed E-state index contributed by atoms with van der Waals surface area (Å²) < 4.78 is 34.3. The Kier molecular flexibility index (Phi) is 4.24. The molecule has 2 N–H and O–H groups in total. The molecule has 3 aromatic carbocycles. The number of rotatable bonds is 5. The van der Waals surface area contributed by atoms with Gasteiger partial charge in [-0.05, 0) is 42.8 Å².